The number of ether oxygens (including phenoxy) is 1. The van der Waals surface area contributed by atoms with E-state index in [2.05, 4.69) is 25.4 Å². The third kappa shape index (κ3) is 3.28. The minimum Gasteiger partial charge on any atom is -0.481 e. The van der Waals surface area contributed by atoms with Crippen LogP contribution in [0.1, 0.15) is 36.4 Å². The van der Waals surface area contributed by atoms with Gasteiger partial charge in [0, 0.05) is 25.1 Å². The van der Waals surface area contributed by atoms with Gasteiger partial charge in [-0.1, -0.05) is 0 Å². The Morgan fingerprint density at radius 3 is 2.62 bits per heavy atom. The number of rotatable bonds is 3. The molecule has 2 aliphatic heterocycles. The Morgan fingerprint density at radius 1 is 1.31 bits per heavy atom. The SMILES string of the molecule is COc1ccc(N2CCC(c3n[nH]c4c3C(O)(C(F)(F)F)CC(=O)N4)CC2)cn1. The summed E-state index contributed by atoms with van der Waals surface area (Å²) < 4.78 is 46.0. The molecule has 0 saturated carbocycles. The number of piperidine rings is 1. The number of carbonyl (C=O) groups excluding carboxylic acids is 1. The molecule has 2 aliphatic rings. The average Bonchev–Trinajstić information content (AvgIpc) is 3.12. The number of nitrogens with zero attached hydrogens (tertiary/aromatic N) is 3. The van der Waals surface area contributed by atoms with Gasteiger partial charge in [-0.05, 0) is 18.9 Å². The molecule has 8 nitrogen and oxygen atoms in total. The first-order valence-electron chi connectivity index (χ1n) is 9.15. The molecule has 1 saturated heterocycles. The fourth-order valence-electron chi connectivity index (χ4n) is 4.00. The second-order valence-electron chi connectivity index (χ2n) is 7.26. The molecule has 0 aromatic carbocycles. The van der Waals surface area contributed by atoms with Gasteiger partial charge in [0.05, 0.1) is 36.7 Å². The number of halogens is 3. The smallest absolute Gasteiger partial charge is 0.422 e. The first-order valence-corrected chi connectivity index (χ1v) is 9.15. The van der Waals surface area contributed by atoms with Gasteiger partial charge in [0.1, 0.15) is 5.82 Å². The van der Waals surface area contributed by atoms with Crippen molar-refractivity contribution in [1.29, 1.82) is 0 Å². The highest BCUT2D eigenvalue weighted by atomic mass is 19.4. The zero-order valence-corrected chi connectivity index (χ0v) is 15.6. The standard InChI is InChI=1S/C18H20F3N5O3/c1-29-13-3-2-11(9-22-13)26-6-4-10(5-7-26)15-14-16(25-24-15)23-12(27)8-17(14,28)18(19,20)21/h2-3,9-10,28H,4-8H2,1H3,(H2,23,24,25,27). The molecule has 0 radical (unpaired) electrons. The summed E-state index contributed by atoms with van der Waals surface area (Å²) in [5.41, 5.74) is -2.56. The van der Waals surface area contributed by atoms with Crippen molar-refractivity contribution in [3.05, 3.63) is 29.6 Å². The number of fused-ring (bicyclic) bond motifs is 1. The van der Waals surface area contributed by atoms with E-state index in [-0.39, 0.29) is 23.0 Å². The van der Waals surface area contributed by atoms with Gasteiger partial charge in [0.15, 0.2) is 5.60 Å². The van der Waals surface area contributed by atoms with Gasteiger partial charge in [0.25, 0.3) is 0 Å². The quantitative estimate of drug-likeness (QED) is 0.716. The molecule has 11 heteroatoms. The van der Waals surface area contributed by atoms with E-state index in [9.17, 15) is 23.1 Å². The second-order valence-corrected chi connectivity index (χ2v) is 7.26. The van der Waals surface area contributed by atoms with E-state index in [4.69, 9.17) is 4.74 Å². The summed E-state index contributed by atoms with van der Waals surface area (Å²) in [5.74, 6) is -0.867. The molecule has 2 aromatic heterocycles. The Morgan fingerprint density at radius 2 is 2.03 bits per heavy atom. The lowest BCUT2D eigenvalue weighted by Gasteiger charge is -2.37. The molecule has 1 amide bonds. The van der Waals surface area contributed by atoms with E-state index in [1.54, 1.807) is 12.3 Å². The van der Waals surface area contributed by atoms with E-state index < -0.39 is 24.1 Å². The summed E-state index contributed by atoms with van der Waals surface area (Å²) in [6.45, 7) is 1.19. The highest BCUT2D eigenvalue weighted by Gasteiger charge is 2.61. The van der Waals surface area contributed by atoms with E-state index in [1.165, 1.54) is 7.11 Å². The molecule has 0 spiro atoms. The number of anilines is 2. The monoisotopic (exact) mass is 411 g/mol. The number of hydrogen-bond donors (Lipinski definition) is 3. The molecule has 0 aliphatic carbocycles. The van der Waals surface area contributed by atoms with E-state index in [0.29, 0.717) is 31.8 Å². The highest BCUT2D eigenvalue weighted by molar-refractivity contribution is 5.94. The maximum Gasteiger partial charge on any atom is 0.422 e. The van der Waals surface area contributed by atoms with Crippen LogP contribution in [0.5, 0.6) is 5.88 Å². The third-order valence-corrected chi connectivity index (χ3v) is 5.53. The zero-order valence-electron chi connectivity index (χ0n) is 15.6. The lowest BCUT2D eigenvalue weighted by atomic mass is 9.81. The summed E-state index contributed by atoms with van der Waals surface area (Å²) in [4.78, 5) is 17.9. The van der Waals surface area contributed by atoms with Crippen molar-refractivity contribution in [2.45, 2.75) is 37.0 Å². The molecule has 156 valence electrons. The van der Waals surface area contributed by atoms with Crippen LogP contribution in [-0.2, 0) is 10.4 Å². The van der Waals surface area contributed by atoms with Crippen molar-refractivity contribution in [2.75, 3.05) is 30.4 Å². The van der Waals surface area contributed by atoms with Crippen molar-refractivity contribution in [3.63, 3.8) is 0 Å². The predicted molar refractivity (Wildman–Crippen MR) is 96.8 cm³/mol. The average molecular weight is 411 g/mol. The molecular formula is C18H20F3N5O3. The fourth-order valence-corrected chi connectivity index (χ4v) is 4.00. The van der Waals surface area contributed by atoms with Crippen LogP contribution < -0.4 is 15.0 Å². The maximum absolute atomic E-state index is 13.7. The normalized spacial score (nSPS) is 22.9. The molecule has 1 unspecified atom stereocenters. The molecule has 29 heavy (non-hydrogen) atoms. The number of aliphatic hydroxyl groups is 1. The number of alkyl halides is 3. The van der Waals surface area contributed by atoms with Crippen molar-refractivity contribution < 1.29 is 27.8 Å². The number of pyridine rings is 1. The van der Waals surface area contributed by atoms with Crippen molar-refractivity contribution in [3.8, 4) is 5.88 Å². The number of amides is 1. The highest BCUT2D eigenvalue weighted by Crippen LogP contribution is 2.49. The van der Waals surface area contributed by atoms with Gasteiger partial charge >= 0.3 is 6.18 Å². The minimum absolute atomic E-state index is 0.160. The van der Waals surface area contributed by atoms with Gasteiger partial charge < -0.3 is 20.1 Å². The molecular weight excluding hydrogens is 391 g/mol. The Hall–Kier alpha value is -2.82. The Kier molecular flexibility index (Phi) is 4.64. The maximum atomic E-state index is 13.7. The van der Waals surface area contributed by atoms with Crippen molar-refractivity contribution in [2.24, 2.45) is 0 Å². The summed E-state index contributed by atoms with van der Waals surface area (Å²) in [5, 5.41) is 19.3. The van der Waals surface area contributed by atoms with Crippen LogP contribution in [-0.4, -0.2) is 52.6 Å². The number of aromatic amines is 1. The van der Waals surface area contributed by atoms with Crippen LogP contribution in [0.2, 0.25) is 0 Å². The molecule has 1 fully saturated rings. The summed E-state index contributed by atoms with van der Waals surface area (Å²) in [7, 11) is 1.53. The van der Waals surface area contributed by atoms with Crippen LogP contribution in [0, 0.1) is 0 Å². The topological polar surface area (TPSA) is 103 Å². The third-order valence-electron chi connectivity index (χ3n) is 5.53. The largest absolute Gasteiger partial charge is 0.481 e. The first-order chi connectivity index (χ1) is 13.7. The molecule has 4 rings (SSSR count). The predicted octanol–water partition coefficient (Wildman–Crippen LogP) is 2.29. The number of H-pyrrole nitrogens is 1. The summed E-state index contributed by atoms with van der Waals surface area (Å²) in [6.07, 6.45) is -3.29. The second kappa shape index (κ2) is 6.90. The number of carbonyl (C=O) groups is 1. The lowest BCUT2D eigenvalue weighted by molar-refractivity contribution is -0.267. The molecule has 2 aromatic rings. The number of aromatic nitrogens is 3. The Labute approximate surface area is 164 Å². The van der Waals surface area contributed by atoms with Crippen molar-refractivity contribution in [1.82, 2.24) is 15.2 Å². The lowest BCUT2D eigenvalue weighted by Crippen LogP contribution is -2.48. The number of nitrogens with one attached hydrogen (secondary N) is 2. The van der Waals surface area contributed by atoms with Crippen LogP contribution in [0.4, 0.5) is 24.7 Å². The van der Waals surface area contributed by atoms with Crippen LogP contribution in [0.15, 0.2) is 18.3 Å². The number of hydrogen-bond acceptors (Lipinski definition) is 6. The summed E-state index contributed by atoms with van der Waals surface area (Å²) >= 11 is 0. The summed E-state index contributed by atoms with van der Waals surface area (Å²) in [6, 6.07) is 3.62. The molecule has 0 bridgehead atoms. The van der Waals surface area contributed by atoms with E-state index in [1.807, 2.05) is 6.07 Å². The Balaban J connectivity index is 1.56. The molecule has 4 heterocycles. The first kappa shape index (κ1) is 19.5. The van der Waals surface area contributed by atoms with Gasteiger partial charge in [0.2, 0.25) is 11.8 Å². The molecule has 3 N–H and O–H groups in total. The van der Waals surface area contributed by atoms with Gasteiger partial charge in [-0.2, -0.15) is 18.3 Å². The zero-order chi connectivity index (χ0) is 20.8. The Bertz CT molecular complexity index is 906. The van der Waals surface area contributed by atoms with Gasteiger partial charge in [-0.3, -0.25) is 9.89 Å². The number of methoxy groups -OCH3 is 1. The fraction of sp³-hybridized carbons (Fsp3) is 0.500. The van der Waals surface area contributed by atoms with Gasteiger partial charge in [-0.15, -0.1) is 0 Å². The van der Waals surface area contributed by atoms with Crippen LogP contribution >= 0.6 is 0 Å². The van der Waals surface area contributed by atoms with E-state index in [0.717, 1.165) is 5.69 Å². The van der Waals surface area contributed by atoms with Crippen molar-refractivity contribution >= 4 is 17.4 Å². The van der Waals surface area contributed by atoms with Crippen LogP contribution in [0.3, 0.4) is 0 Å². The van der Waals surface area contributed by atoms with Crippen LogP contribution in [0.25, 0.3) is 0 Å². The van der Waals surface area contributed by atoms with Gasteiger partial charge in [-0.25, -0.2) is 4.98 Å². The molecule has 1 atom stereocenters. The minimum atomic E-state index is -4.99. The van der Waals surface area contributed by atoms with E-state index >= 15 is 0 Å².